The molecule has 2 aromatic rings. The van der Waals surface area contributed by atoms with Gasteiger partial charge in [0.25, 0.3) is 11.6 Å². The van der Waals surface area contributed by atoms with Crippen molar-refractivity contribution in [1.29, 1.82) is 0 Å². The maximum atomic E-state index is 12.5. The summed E-state index contributed by atoms with van der Waals surface area (Å²) in [6, 6.07) is 10.8. The van der Waals surface area contributed by atoms with Crippen LogP contribution < -0.4 is 10.2 Å². The van der Waals surface area contributed by atoms with Gasteiger partial charge in [-0.2, -0.15) is 0 Å². The minimum Gasteiger partial charge on any atom is -0.378 e. The fraction of sp³-hybridized carbons (Fsp3) is 0.235. The number of nitro benzene ring substituents is 1. The highest BCUT2D eigenvalue weighted by molar-refractivity contribution is 6.34. The Kier molecular flexibility index (Phi) is 5.16. The second-order valence-electron chi connectivity index (χ2n) is 5.49. The summed E-state index contributed by atoms with van der Waals surface area (Å²) in [5.41, 5.74) is 1.62. The average Bonchev–Trinajstić information content (AvgIpc) is 2.62. The first-order chi connectivity index (χ1) is 12.1. The molecule has 0 aromatic heterocycles. The van der Waals surface area contributed by atoms with Gasteiger partial charge in [0.05, 0.1) is 34.5 Å². The summed E-state index contributed by atoms with van der Waals surface area (Å²) in [5, 5.41) is 14.1. The number of anilines is 2. The molecule has 0 bridgehead atoms. The Morgan fingerprint density at radius 2 is 1.84 bits per heavy atom. The van der Waals surface area contributed by atoms with Gasteiger partial charge in [0.1, 0.15) is 0 Å². The SMILES string of the molecule is O=C(Nc1cccc(Cl)c1N1CCOCC1)c1ccc([N+](=O)[O-])cc1. The molecule has 8 heteroatoms. The number of para-hydroxylation sites is 1. The molecule has 1 aliphatic rings. The summed E-state index contributed by atoms with van der Waals surface area (Å²) in [6.45, 7) is 2.57. The Bertz CT molecular complexity index is 789. The Hall–Kier alpha value is -2.64. The van der Waals surface area contributed by atoms with Gasteiger partial charge in [-0.05, 0) is 24.3 Å². The first kappa shape index (κ1) is 17.2. The van der Waals surface area contributed by atoms with Crippen molar-refractivity contribution in [2.24, 2.45) is 0 Å². The Morgan fingerprint density at radius 3 is 2.48 bits per heavy atom. The van der Waals surface area contributed by atoms with Crippen LogP contribution in [0.2, 0.25) is 5.02 Å². The number of carbonyl (C=O) groups is 1. The molecule has 0 unspecified atom stereocenters. The van der Waals surface area contributed by atoms with E-state index in [4.69, 9.17) is 16.3 Å². The van der Waals surface area contributed by atoms with Gasteiger partial charge in [0.2, 0.25) is 0 Å². The number of nitrogens with zero attached hydrogens (tertiary/aromatic N) is 2. The lowest BCUT2D eigenvalue weighted by Gasteiger charge is -2.31. The predicted molar refractivity (Wildman–Crippen MR) is 95.5 cm³/mol. The third-order valence-electron chi connectivity index (χ3n) is 3.90. The van der Waals surface area contributed by atoms with E-state index in [2.05, 4.69) is 10.2 Å². The van der Waals surface area contributed by atoms with E-state index in [1.807, 2.05) is 0 Å². The van der Waals surface area contributed by atoms with Crippen LogP contribution in [0.4, 0.5) is 17.1 Å². The molecule has 0 aliphatic carbocycles. The van der Waals surface area contributed by atoms with Crippen LogP contribution in [-0.2, 0) is 4.74 Å². The zero-order valence-electron chi connectivity index (χ0n) is 13.3. The van der Waals surface area contributed by atoms with E-state index in [0.717, 1.165) is 5.69 Å². The summed E-state index contributed by atoms with van der Waals surface area (Å²) in [6.07, 6.45) is 0. The van der Waals surface area contributed by atoms with Crippen LogP contribution in [0, 0.1) is 10.1 Å². The van der Waals surface area contributed by atoms with Crippen LogP contribution in [0.1, 0.15) is 10.4 Å². The van der Waals surface area contributed by atoms with Crippen molar-refractivity contribution in [3.63, 3.8) is 0 Å². The number of amides is 1. The summed E-state index contributed by atoms with van der Waals surface area (Å²) in [4.78, 5) is 24.7. The zero-order chi connectivity index (χ0) is 17.8. The molecular formula is C17H16ClN3O4. The van der Waals surface area contributed by atoms with Crippen molar-refractivity contribution in [3.05, 3.63) is 63.2 Å². The summed E-state index contributed by atoms with van der Waals surface area (Å²) in [7, 11) is 0. The van der Waals surface area contributed by atoms with Gasteiger partial charge in [-0.3, -0.25) is 14.9 Å². The lowest BCUT2D eigenvalue weighted by Crippen LogP contribution is -2.37. The number of nitrogens with one attached hydrogen (secondary N) is 1. The van der Waals surface area contributed by atoms with Gasteiger partial charge in [-0.1, -0.05) is 17.7 Å². The highest BCUT2D eigenvalue weighted by Gasteiger charge is 2.19. The van der Waals surface area contributed by atoms with Crippen molar-refractivity contribution in [2.75, 3.05) is 36.5 Å². The van der Waals surface area contributed by atoms with Gasteiger partial charge in [-0.15, -0.1) is 0 Å². The number of halogens is 1. The van der Waals surface area contributed by atoms with Gasteiger partial charge in [0, 0.05) is 30.8 Å². The Morgan fingerprint density at radius 1 is 1.16 bits per heavy atom. The predicted octanol–water partition coefficient (Wildman–Crippen LogP) is 3.34. The molecule has 1 N–H and O–H groups in total. The number of benzene rings is 2. The lowest BCUT2D eigenvalue weighted by atomic mass is 10.1. The van der Waals surface area contributed by atoms with Crippen LogP contribution in [0.15, 0.2) is 42.5 Å². The third kappa shape index (κ3) is 3.89. The molecule has 0 spiro atoms. The second kappa shape index (κ2) is 7.50. The number of carbonyl (C=O) groups excluding carboxylic acids is 1. The number of nitro groups is 1. The second-order valence-corrected chi connectivity index (χ2v) is 5.90. The van der Waals surface area contributed by atoms with E-state index >= 15 is 0 Å². The molecule has 0 saturated carbocycles. The maximum absolute atomic E-state index is 12.5. The van der Waals surface area contributed by atoms with Crippen LogP contribution in [0.5, 0.6) is 0 Å². The number of morpholine rings is 1. The first-order valence-corrected chi connectivity index (χ1v) is 8.11. The van der Waals surface area contributed by atoms with Gasteiger partial charge < -0.3 is 15.0 Å². The standard InChI is InChI=1S/C17H16ClN3O4/c18-14-2-1-3-15(16(14)20-8-10-25-11-9-20)19-17(22)12-4-6-13(7-5-12)21(23)24/h1-7H,8-11H2,(H,19,22). The molecule has 7 nitrogen and oxygen atoms in total. The number of rotatable bonds is 4. The number of hydrogen-bond donors (Lipinski definition) is 1. The van der Waals surface area contributed by atoms with E-state index in [1.54, 1.807) is 18.2 Å². The third-order valence-corrected chi connectivity index (χ3v) is 4.21. The average molecular weight is 362 g/mol. The van der Waals surface area contributed by atoms with E-state index < -0.39 is 4.92 Å². The molecule has 1 fully saturated rings. The number of ether oxygens (including phenoxy) is 1. The molecular weight excluding hydrogens is 346 g/mol. The fourth-order valence-corrected chi connectivity index (χ4v) is 2.95. The highest BCUT2D eigenvalue weighted by atomic mass is 35.5. The number of non-ortho nitro benzene ring substituents is 1. The van der Waals surface area contributed by atoms with Crippen molar-refractivity contribution < 1.29 is 14.5 Å². The van der Waals surface area contributed by atoms with Crippen molar-refractivity contribution >= 4 is 34.6 Å². The summed E-state index contributed by atoms with van der Waals surface area (Å²) < 4.78 is 5.35. The smallest absolute Gasteiger partial charge is 0.269 e. The molecule has 1 aliphatic heterocycles. The van der Waals surface area contributed by atoms with E-state index in [0.29, 0.717) is 42.6 Å². The molecule has 25 heavy (non-hydrogen) atoms. The molecule has 130 valence electrons. The van der Waals surface area contributed by atoms with E-state index in [-0.39, 0.29) is 11.6 Å². The Labute approximate surface area is 149 Å². The maximum Gasteiger partial charge on any atom is 0.269 e. The van der Waals surface area contributed by atoms with Gasteiger partial charge >= 0.3 is 0 Å². The largest absolute Gasteiger partial charge is 0.378 e. The minimum atomic E-state index is -0.505. The van der Waals surface area contributed by atoms with Crippen molar-refractivity contribution in [2.45, 2.75) is 0 Å². The molecule has 0 radical (unpaired) electrons. The summed E-state index contributed by atoms with van der Waals surface area (Å²) >= 11 is 6.34. The zero-order valence-corrected chi connectivity index (χ0v) is 14.0. The minimum absolute atomic E-state index is 0.0617. The molecule has 1 saturated heterocycles. The normalized spacial score (nSPS) is 14.2. The topological polar surface area (TPSA) is 84.7 Å². The molecule has 1 heterocycles. The lowest BCUT2D eigenvalue weighted by molar-refractivity contribution is -0.384. The molecule has 3 rings (SSSR count). The molecule has 0 atom stereocenters. The number of hydrogen-bond acceptors (Lipinski definition) is 5. The highest BCUT2D eigenvalue weighted by Crippen LogP contribution is 2.34. The van der Waals surface area contributed by atoms with Crippen molar-refractivity contribution in [1.82, 2.24) is 0 Å². The van der Waals surface area contributed by atoms with Crippen LogP contribution >= 0.6 is 11.6 Å². The van der Waals surface area contributed by atoms with Crippen LogP contribution in [-0.4, -0.2) is 37.1 Å². The quantitative estimate of drug-likeness (QED) is 0.667. The molecule has 1 amide bonds. The molecule has 2 aromatic carbocycles. The first-order valence-electron chi connectivity index (χ1n) is 7.73. The fourth-order valence-electron chi connectivity index (χ4n) is 2.65. The van der Waals surface area contributed by atoms with Crippen LogP contribution in [0.25, 0.3) is 0 Å². The van der Waals surface area contributed by atoms with E-state index in [1.165, 1.54) is 24.3 Å². The van der Waals surface area contributed by atoms with Crippen molar-refractivity contribution in [3.8, 4) is 0 Å². The van der Waals surface area contributed by atoms with Gasteiger partial charge in [0.15, 0.2) is 0 Å². The Balaban J connectivity index is 1.83. The monoisotopic (exact) mass is 361 g/mol. The van der Waals surface area contributed by atoms with Crippen LogP contribution in [0.3, 0.4) is 0 Å². The summed E-state index contributed by atoms with van der Waals surface area (Å²) in [5.74, 6) is -0.355. The van der Waals surface area contributed by atoms with Gasteiger partial charge in [-0.25, -0.2) is 0 Å². The van der Waals surface area contributed by atoms with E-state index in [9.17, 15) is 14.9 Å².